The van der Waals surface area contributed by atoms with E-state index in [1.165, 1.54) is 11.1 Å². The van der Waals surface area contributed by atoms with Gasteiger partial charge in [-0.25, -0.2) is 15.0 Å². The van der Waals surface area contributed by atoms with Crippen molar-refractivity contribution in [3.05, 3.63) is 182 Å². The fourth-order valence-corrected chi connectivity index (χ4v) is 7.20. The Bertz CT molecular complexity index is 2650. The molecule has 2 aromatic heterocycles. The largest absolute Gasteiger partial charge is 0.456 e. The quantitative estimate of drug-likeness (QED) is 0.0995. The number of allylic oxidation sites excluding steroid dienone is 11. The molecule has 1 aliphatic rings. The summed E-state index contributed by atoms with van der Waals surface area (Å²) in [6, 6.07) is 36.0. The second-order valence-electron chi connectivity index (χ2n) is 14.2. The Hall–Kier alpha value is -6.39. The average molecular weight is 702 g/mol. The molecule has 0 amide bonds. The number of aromatic nitrogens is 3. The minimum atomic E-state index is -0.0465. The van der Waals surface area contributed by atoms with Gasteiger partial charge in [0.2, 0.25) is 0 Å². The molecule has 54 heavy (non-hydrogen) atoms. The monoisotopic (exact) mass is 701 g/mol. The third-order valence-corrected chi connectivity index (χ3v) is 10.1. The molecule has 0 bridgehead atoms. The zero-order valence-corrected chi connectivity index (χ0v) is 30.9. The SMILES string of the molecule is C=C/C=C\C=C/Cc1ccc2oc3ccccc3c2c1-c1nc(C2=CCC(C)(/C=C\CCC)C=C2)nc(-c2ccc3cc(-c4ccccc4)ccc3c2)n1. The fraction of sp³-hybridized carbons (Fsp3) is 0.140. The zero-order chi connectivity index (χ0) is 36.9. The highest BCUT2D eigenvalue weighted by Crippen LogP contribution is 2.40. The predicted molar refractivity (Wildman–Crippen MR) is 227 cm³/mol. The molecule has 0 aliphatic heterocycles. The molecule has 7 aromatic rings. The van der Waals surface area contributed by atoms with Crippen LogP contribution in [-0.4, -0.2) is 15.0 Å². The third-order valence-electron chi connectivity index (χ3n) is 10.1. The molecule has 0 N–H and O–H groups in total. The second-order valence-corrected chi connectivity index (χ2v) is 14.2. The summed E-state index contributed by atoms with van der Waals surface area (Å²) in [6.45, 7) is 8.29. The van der Waals surface area contributed by atoms with Crippen LogP contribution >= 0.6 is 0 Å². The highest BCUT2D eigenvalue weighted by molar-refractivity contribution is 6.12. The van der Waals surface area contributed by atoms with E-state index < -0.39 is 0 Å². The van der Waals surface area contributed by atoms with Crippen LogP contribution < -0.4 is 0 Å². The normalized spacial score (nSPS) is 16.1. The second kappa shape index (κ2) is 15.3. The van der Waals surface area contributed by atoms with Crippen LogP contribution in [-0.2, 0) is 6.42 Å². The molecule has 4 heteroatoms. The predicted octanol–water partition coefficient (Wildman–Crippen LogP) is 13.5. The Morgan fingerprint density at radius 3 is 2.28 bits per heavy atom. The molecule has 8 rings (SSSR count). The zero-order valence-electron chi connectivity index (χ0n) is 30.9. The molecule has 1 unspecified atom stereocenters. The molecule has 0 saturated carbocycles. The number of nitrogens with zero attached hydrogens (tertiary/aromatic N) is 3. The Morgan fingerprint density at radius 1 is 0.722 bits per heavy atom. The van der Waals surface area contributed by atoms with Crippen LogP contribution in [0, 0.1) is 5.41 Å². The van der Waals surface area contributed by atoms with Gasteiger partial charge in [-0.15, -0.1) is 0 Å². The Balaban J connectivity index is 1.30. The van der Waals surface area contributed by atoms with E-state index in [0.29, 0.717) is 23.9 Å². The number of unbranched alkanes of at least 4 members (excludes halogenated alkanes) is 1. The molecular weight excluding hydrogens is 659 g/mol. The van der Waals surface area contributed by atoms with Gasteiger partial charge >= 0.3 is 0 Å². The lowest BCUT2D eigenvalue weighted by Crippen LogP contribution is -2.12. The number of rotatable bonds is 11. The van der Waals surface area contributed by atoms with Crippen molar-refractivity contribution >= 4 is 38.3 Å². The smallest absolute Gasteiger partial charge is 0.165 e. The van der Waals surface area contributed by atoms with Crippen LogP contribution in [0.15, 0.2) is 175 Å². The van der Waals surface area contributed by atoms with Crippen LogP contribution in [0.1, 0.15) is 44.5 Å². The van der Waals surface area contributed by atoms with Gasteiger partial charge in [0.1, 0.15) is 11.2 Å². The summed E-state index contributed by atoms with van der Waals surface area (Å²) in [5, 5.41) is 4.34. The van der Waals surface area contributed by atoms with E-state index in [0.717, 1.165) is 74.2 Å². The third kappa shape index (κ3) is 7.16. The van der Waals surface area contributed by atoms with Gasteiger partial charge in [0.05, 0.1) is 0 Å². The van der Waals surface area contributed by atoms with Gasteiger partial charge < -0.3 is 4.42 Å². The van der Waals surface area contributed by atoms with Gasteiger partial charge in [0, 0.05) is 32.9 Å². The molecule has 0 spiro atoms. The average Bonchev–Trinajstić information content (AvgIpc) is 3.59. The summed E-state index contributed by atoms with van der Waals surface area (Å²) in [6.07, 6.45) is 25.0. The van der Waals surface area contributed by atoms with Gasteiger partial charge in [0.25, 0.3) is 0 Å². The summed E-state index contributed by atoms with van der Waals surface area (Å²) in [5.74, 6) is 1.92. The van der Waals surface area contributed by atoms with Crippen LogP contribution in [0.5, 0.6) is 0 Å². The number of furan rings is 1. The fourth-order valence-electron chi connectivity index (χ4n) is 7.20. The highest BCUT2D eigenvalue weighted by Gasteiger charge is 2.24. The number of para-hydroxylation sites is 1. The van der Waals surface area contributed by atoms with E-state index in [4.69, 9.17) is 19.4 Å². The first-order valence-corrected chi connectivity index (χ1v) is 18.8. The summed E-state index contributed by atoms with van der Waals surface area (Å²) >= 11 is 0. The Labute approximate surface area is 317 Å². The lowest BCUT2D eigenvalue weighted by atomic mass is 9.81. The van der Waals surface area contributed by atoms with Crippen LogP contribution in [0.25, 0.3) is 72.2 Å². The Morgan fingerprint density at radius 2 is 1.48 bits per heavy atom. The molecule has 0 fully saturated rings. The van der Waals surface area contributed by atoms with E-state index in [2.05, 4.69) is 148 Å². The Kier molecular flexibility index (Phi) is 9.83. The van der Waals surface area contributed by atoms with Crippen LogP contribution in [0.4, 0.5) is 0 Å². The van der Waals surface area contributed by atoms with E-state index in [1.54, 1.807) is 6.08 Å². The molecule has 5 aromatic carbocycles. The first-order valence-electron chi connectivity index (χ1n) is 18.8. The van der Waals surface area contributed by atoms with E-state index in [9.17, 15) is 0 Å². The summed E-state index contributed by atoms with van der Waals surface area (Å²) in [4.78, 5) is 15.8. The summed E-state index contributed by atoms with van der Waals surface area (Å²) in [5.41, 5.74) is 7.98. The van der Waals surface area contributed by atoms with Crippen molar-refractivity contribution in [1.82, 2.24) is 15.0 Å². The molecule has 264 valence electrons. The molecule has 2 heterocycles. The standard InChI is InChI=1S/C50H43N3O/c1-4-6-8-9-11-19-36-26-27-44-46(42-20-14-15-21-43(42)54-44)45(36)49-52-47(37-28-31-50(3,32-29-37)30-16-7-5-2)51-48(53-49)41-25-24-39-33-38(22-23-40(39)34-41)35-17-12-10-13-18-35/h4,6,8-18,20-31,33-34H,1,5,7,19,32H2,2-3H3/b8-6-,11-9-,30-16-. The maximum atomic E-state index is 6.40. The maximum absolute atomic E-state index is 6.40. The molecule has 1 atom stereocenters. The number of hydrogen-bond acceptors (Lipinski definition) is 4. The minimum absolute atomic E-state index is 0.0465. The van der Waals surface area contributed by atoms with E-state index in [1.807, 2.05) is 30.4 Å². The molecule has 0 radical (unpaired) electrons. The van der Waals surface area contributed by atoms with Crippen LogP contribution in [0.3, 0.4) is 0 Å². The number of fused-ring (bicyclic) bond motifs is 4. The first-order chi connectivity index (χ1) is 26.5. The molecule has 0 saturated heterocycles. The van der Waals surface area contributed by atoms with Gasteiger partial charge in [-0.2, -0.15) is 0 Å². The maximum Gasteiger partial charge on any atom is 0.165 e. The number of hydrogen-bond donors (Lipinski definition) is 0. The lowest BCUT2D eigenvalue weighted by Gasteiger charge is -2.24. The van der Waals surface area contributed by atoms with Gasteiger partial charge in [0.15, 0.2) is 17.5 Å². The van der Waals surface area contributed by atoms with Crippen molar-refractivity contribution in [1.29, 1.82) is 0 Å². The van der Waals surface area contributed by atoms with E-state index in [-0.39, 0.29) is 5.41 Å². The van der Waals surface area contributed by atoms with Gasteiger partial charge in [-0.1, -0.05) is 166 Å². The van der Waals surface area contributed by atoms with Crippen molar-refractivity contribution in [2.75, 3.05) is 0 Å². The lowest BCUT2D eigenvalue weighted by molar-refractivity contribution is 0.555. The van der Waals surface area contributed by atoms with Crippen molar-refractivity contribution < 1.29 is 4.42 Å². The van der Waals surface area contributed by atoms with Gasteiger partial charge in [-0.05, 0) is 71.0 Å². The molecule has 1 aliphatic carbocycles. The van der Waals surface area contributed by atoms with Crippen molar-refractivity contribution in [3.63, 3.8) is 0 Å². The number of benzene rings is 5. The van der Waals surface area contributed by atoms with Gasteiger partial charge in [-0.3, -0.25) is 0 Å². The summed E-state index contributed by atoms with van der Waals surface area (Å²) in [7, 11) is 0. The molecular formula is C50H43N3O. The molecule has 4 nitrogen and oxygen atoms in total. The van der Waals surface area contributed by atoms with E-state index >= 15 is 0 Å². The van der Waals surface area contributed by atoms with Crippen molar-refractivity contribution in [2.45, 2.75) is 39.5 Å². The van der Waals surface area contributed by atoms with Crippen LogP contribution in [0.2, 0.25) is 0 Å². The highest BCUT2D eigenvalue weighted by atomic mass is 16.3. The minimum Gasteiger partial charge on any atom is -0.456 e. The van der Waals surface area contributed by atoms with Crippen molar-refractivity contribution in [2.24, 2.45) is 5.41 Å². The summed E-state index contributed by atoms with van der Waals surface area (Å²) < 4.78 is 6.40. The first kappa shape index (κ1) is 34.7. The van der Waals surface area contributed by atoms with Crippen molar-refractivity contribution in [3.8, 4) is 33.9 Å². The topological polar surface area (TPSA) is 51.8 Å².